The minimum Gasteiger partial charge on any atom is -0.486 e. The molecule has 2 heterocycles. The van der Waals surface area contributed by atoms with Crippen molar-refractivity contribution in [2.24, 2.45) is 0 Å². The summed E-state index contributed by atoms with van der Waals surface area (Å²) in [4.78, 5) is 16.0. The summed E-state index contributed by atoms with van der Waals surface area (Å²) in [5.74, 6) is 0.888. The Hall–Kier alpha value is -2.47. The Labute approximate surface area is 125 Å². The summed E-state index contributed by atoms with van der Waals surface area (Å²) in [5, 5.41) is 2.94. The molecule has 1 aliphatic rings. The lowest BCUT2D eigenvalue weighted by Gasteiger charge is -2.19. The number of aromatic nitrogens is 1. The number of nitrogens with one attached hydrogen (secondary N) is 1. The van der Waals surface area contributed by atoms with Gasteiger partial charge in [-0.2, -0.15) is 0 Å². The first kappa shape index (κ1) is 13.5. The molecule has 0 bridgehead atoms. The zero-order valence-corrected chi connectivity index (χ0v) is 11.7. The molecule has 21 heavy (non-hydrogen) atoms. The summed E-state index contributed by atoms with van der Waals surface area (Å²) in [5.41, 5.74) is 6.84. The van der Waals surface area contributed by atoms with Crippen molar-refractivity contribution >= 4 is 28.9 Å². The predicted molar refractivity (Wildman–Crippen MR) is 79.0 cm³/mol. The Balaban J connectivity index is 1.83. The van der Waals surface area contributed by atoms with Crippen molar-refractivity contribution < 1.29 is 14.3 Å². The highest BCUT2D eigenvalue weighted by Crippen LogP contribution is 2.32. The number of rotatable bonds is 2. The molecule has 0 spiro atoms. The molecule has 1 aromatic carbocycles. The van der Waals surface area contributed by atoms with Crippen LogP contribution in [0, 0.1) is 0 Å². The second-order valence-corrected chi connectivity index (χ2v) is 4.79. The number of carbonyl (C=O) groups excluding carboxylic acids is 1. The highest BCUT2D eigenvalue weighted by atomic mass is 35.5. The summed E-state index contributed by atoms with van der Waals surface area (Å²) < 4.78 is 10.9. The fraction of sp³-hybridized carbons (Fsp3) is 0.143. The molecule has 108 valence electrons. The van der Waals surface area contributed by atoms with Crippen LogP contribution in [0.3, 0.4) is 0 Å². The maximum Gasteiger partial charge on any atom is 0.257 e. The SMILES string of the molecule is Nc1cnc(Cl)cc1C(=O)Nc1ccc2c(c1)OCCO2. The Morgan fingerprint density at radius 3 is 2.81 bits per heavy atom. The first-order valence-corrected chi connectivity index (χ1v) is 6.63. The number of nitrogens with two attached hydrogens (primary N) is 1. The van der Waals surface area contributed by atoms with Crippen LogP contribution >= 0.6 is 11.6 Å². The molecule has 7 heteroatoms. The number of hydrogen-bond acceptors (Lipinski definition) is 5. The Morgan fingerprint density at radius 1 is 1.24 bits per heavy atom. The van der Waals surface area contributed by atoms with E-state index < -0.39 is 0 Å². The monoisotopic (exact) mass is 305 g/mol. The summed E-state index contributed by atoms with van der Waals surface area (Å²) in [6, 6.07) is 6.59. The van der Waals surface area contributed by atoms with Gasteiger partial charge in [0.25, 0.3) is 5.91 Å². The molecule has 0 saturated heterocycles. The molecule has 0 fully saturated rings. The van der Waals surface area contributed by atoms with E-state index in [0.29, 0.717) is 30.4 Å². The third-order valence-corrected chi connectivity index (χ3v) is 3.15. The first-order chi connectivity index (χ1) is 10.1. The minimum absolute atomic E-state index is 0.205. The molecule has 0 saturated carbocycles. The smallest absolute Gasteiger partial charge is 0.257 e. The van der Waals surface area contributed by atoms with E-state index in [4.69, 9.17) is 26.8 Å². The summed E-state index contributed by atoms with van der Waals surface area (Å²) in [6.45, 7) is 1.00. The number of nitrogen functional groups attached to an aromatic ring is 1. The van der Waals surface area contributed by atoms with Gasteiger partial charge in [0.15, 0.2) is 11.5 Å². The van der Waals surface area contributed by atoms with Gasteiger partial charge in [0.2, 0.25) is 0 Å². The molecule has 1 amide bonds. The van der Waals surface area contributed by atoms with Crippen molar-refractivity contribution in [1.29, 1.82) is 0 Å². The molecule has 0 radical (unpaired) electrons. The molecular weight excluding hydrogens is 294 g/mol. The van der Waals surface area contributed by atoms with Crippen molar-refractivity contribution in [3.8, 4) is 11.5 Å². The van der Waals surface area contributed by atoms with Gasteiger partial charge in [0, 0.05) is 11.8 Å². The van der Waals surface area contributed by atoms with Crippen LogP contribution < -0.4 is 20.5 Å². The van der Waals surface area contributed by atoms with Gasteiger partial charge in [-0.3, -0.25) is 4.79 Å². The average Bonchev–Trinajstić information content (AvgIpc) is 2.49. The van der Waals surface area contributed by atoms with Crippen molar-refractivity contribution in [3.05, 3.63) is 41.2 Å². The minimum atomic E-state index is -0.367. The topological polar surface area (TPSA) is 86.5 Å². The summed E-state index contributed by atoms with van der Waals surface area (Å²) >= 11 is 5.78. The second kappa shape index (κ2) is 5.49. The molecule has 6 nitrogen and oxygen atoms in total. The van der Waals surface area contributed by atoms with E-state index in [1.165, 1.54) is 12.3 Å². The van der Waals surface area contributed by atoms with E-state index in [2.05, 4.69) is 10.3 Å². The molecule has 1 aliphatic heterocycles. The Bertz CT molecular complexity index is 706. The van der Waals surface area contributed by atoms with Gasteiger partial charge in [-0.1, -0.05) is 11.6 Å². The quantitative estimate of drug-likeness (QED) is 0.832. The van der Waals surface area contributed by atoms with Crippen LogP contribution in [0.4, 0.5) is 11.4 Å². The first-order valence-electron chi connectivity index (χ1n) is 6.25. The van der Waals surface area contributed by atoms with Gasteiger partial charge < -0.3 is 20.5 Å². The number of pyridine rings is 1. The van der Waals surface area contributed by atoms with Crippen LogP contribution in [-0.2, 0) is 0 Å². The van der Waals surface area contributed by atoms with Crippen LogP contribution in [0.1, 0.15) is 10.4 Å². The number of amides is 1. The zero-order valence-electron chi connectivity index (χ0n) is 10.9. The number of halogens is 1. The Morgan fingerprint density at radius 2 is 2.00 bits per heavy atom. The molecule has 1 aromatic heterocycles. The number of benzene rings is 1. The number of fused-ring (bicyclic) bond motifs is 1. The van der Waals surface area contributed by atoms with Crippen LogP contribution in [-0.4, -0.2) is 24.1 Å². The second-order valence-electron chi connectivity index (χ2n) is 4.41. The highest BCUT2D eigenvalue weighted by Gasteiger charge is 2.15. The van der Waals surface area contributed by atoms with Crippen LogP contribution in [0.5, 0.6) is 11.5 Å². The molecule has 0 unspecified atom stereocenters. The molecular formula is C14H12ClN3O3. The highest BCUT2D eigenvalue weighted by molar-refractivity contribution is 6.30. The molecule has 0 atom stereocenters. The Kier molecular flexibility index (Phi) is 3.53. The van der Waals surface area contributed by atoms with E-state index >= 15 is 0 Å². The predicted octanol–water partition coefficient (Wildman–Crippen LogP) is 2.34. The van der Waals surface area contributed by atoms with E-state index in [1.54, 1.807) is 18.2 Å². The van der Waals surface area contributed by atoms with Gasteiger partial charge in [0.1, 0.15) is 18.4 Å². The third-order valence-electron chi connectivity index (χ3n) is 2.95. The summed E-state index contributed by atoms with van der Waals surface area (Å²) in [6.07, 6.45) is 1.35. The molecule has 3 rings (SSSR count). The molecule has 3 N–H and O–H groups in total. The lowest BCUT2D eigenvalue weighted by molar-refractivity contribution is 0.102. The number of hydrogen-bond donors (Lipinski definition) is 2. The summed E-state index contributed by atoms with van der Waals surface area (Å²) in [7, 11) is 0. The van der Waals surface area contributed by atoms with E-state index in [9.17, 15) is 4.79 Å². The van der Waals surface area contributed by atoms with Crippen LogP contribution in [0.2, 0.25) is 5.15 Å². The maximum absolute atomic E-state index is 12.2. The van der Waals surface area contributed by atoms with E-state index in [1.807, 2.05) is 0 Å². The van der Waals surface area contributed by atoms with Gasteiger partial charge >= 0.3 is 0 Å². The van der Waals surface area contributed by atoms with Crippen molar-refractivity contribution in [2.75, 3.05) is 24.3 Å². The fourth-order valence-corrected chi connectivity index (χ4v) is 2.11. The van der Waals surface area contributed by atoms with Crippen molar-refractivity contribution in [2.45, 2.75) is 0 Å². The largest absolute Gasteiger partial charge is 0.486 e. The zero-order chi connectivity index (χ0) is 14.8. The van der Waals surface area contributed by atoms with Gasteiger partial charge in [-0.25, -0.2) is 4.98 Å². The van der Waals surface area contributed by atoms with Crippen LogP contribution in [0.25, 0.3) is 0 Å². The maximum atomic E-state index is 12.2. The van der Waals surface area contributed by atoms with E-state index in [-0.39, 0.29) is 22.3 Å². The van der Waals surface area contributed by atoms with Crippen molar-refractivity contribution in [3.63, 3.8) is 0 Å². The normalized spacial score (nSPS) is 12.8. The molecule has 2 aromatic rings. The van der Waals surface area contributed by atoms with Gasteiger partial charge in [0.05, 0.1) is 17.4 Å². The van der Waals surface area contributed by atoms with Crippen LogP contribution in [0.15, 0.2) is 30.5 Å². The lowest BCUT2D eigenvalue weighted by Crippen LogP contribution is -2.17. The van der Waals surface area contributed by atoms with Gasteiger partial charge in [-0.05, 0) is 18.2 Å². The van der Waals surface area contributed by atoms with Gasteiger partial charge in [-0.15, -0.1) is 0 Å². The third kappa shape index (κ3) is 2.85. The lowest BCUT2D eigenvalue weighted by atomic mass is 10.2. The average molecular weight is 306 g/mol. The number of anilines is 2. The van der Waals surface area contributed by atoms with E-state index in [0.717, 1.165) is 0 Å². The standard InChI is InChI=1S/C14H12ClN3O3/c15-13-6-9(10(16)7-17-13)14(19)18-8-1-2-11-12(5-8)21-4-3-20-11/h1-2,5-7H,3-4,16H2,(H,18,19). The number of ether oxygens (including phenoxy) is 2. The molecule has 0 aliphatic carbocycles. The van der Waals surface area contributed by atoms with Crippen molar-refractivity contribution in [1.82, 2.24) is 4.98 Å². The fourth-order valence-electron chi connectivity index (χ4n) is 1.96. The number of carbonyl (C=O) groups is 1. The number of nitrogens with zero attached hydrogens (tertiary/aromatic N) is 1.